The van der Waals surface area contributed by atoms with Gasteiger partial charge in [-0.2, -0.15) is 11.8 Å². The summed E-state index contributed by atoms with van der Waals surface area (Å²) in [5.74, 6) is 5.36. The molecule has 0 aromatic rings. The molecule has 0 saturated heterocycles. The zero-order valence-electron chi connectivity index (χ0n) is 10.3. The van der Waals surface area contributed by atoms with Crippen molar-refractivity contribution in [1.82, 2.24) is 0 Å². The van der Waals surface area contributed by atoms with E-state index in [1.165, 1.54) is 6.42 Å². The van der Waals surface area contributed by atoms with E-state index in [2.05, 4.69) is 0 Å². The molecule has 3 atom stereocenters. The Morgan fingerprint density at radius 2 is 1.81 bits per heavy atom. The monoisotopic (exact) mass is 441 g/mol. The summed E-state index contributed by atoms with van der Waals surface area (Å²) < 4.78 is 0. The van der Waals surface area contributed by atoms with Crippen LogP contribution in [0.1, 0.15) is 64.2 Å². The first-order valence-electron chi connectivity index (χ1n) is 7.23. The number of hydrogen-bond acceptors (Lipinski definition) is 0. The van der Waals surface area contributed by atoms with E-state index in [4.69, 9.17) is 0 Å². The summed E-state index contributed by atoms with van der Waals surface area (Å²) in [4.78, 5) is 0. The van der Waals surface area contributed by atoms with Gasteiger partial charge in [0.1, 0.15) is 0 Å². The SMILES string of the molecule is C1CCC2(C1)CCCC2CC1CC2C[C-]21.[U]. The minimum Gasteiger partial charge on any atom is -0.312 e. The van der Waals surface area contributed by atoms with Gasteiger partial charge in [-0.15, -0.1) is 6.42 Å². The maximum atomic E-state index is 1.98. The Hall–Kier alpha value is 1.05. The molecule has 88 valence electrons. The second-order valence-corrected chi connectivity index (χ2v) is 6.80. The average molecular weight is 441 g/mol. The molecule has 0 N–H and O–H groups in total. The van der Waals surface area contributed by atoms with Crippen molar-refractivity contribution in [2.45, 2.75) is 64.2 Å². The van der Waals surface area contributed by atoms with Crippen molar-refractivity contribution < 1.29 is 31.1 Å². The smallest absolute Gasteiger partial charge is 0 e. The van der Waals surface area contributed by atoms with Crippen LogP contribution in [0.5, 0.6) is 0 Å². The molecule has 4 rings (SSSR count). The van der Waals surface area contributed by atoms with Crippen LogP contribution in [-0.2, 0) is 0 Å². The van der Waals surface area contributed by atoms with Crippen molar-refractivity contribution in [3.63, 3.8) is 0 Å². The maximum Gasteiger partial charge on any atom is 0 e. The maximum absolute atomic E-state index is 1.98. The second kappa shape index (κ2) is 4.31. The molecule has 0 bridgehead atoms. The predicted octanol–water partition coefficient (Wildman–Crippen LogP) is 4.35. The van der Waals surface area contributed by atoms with Crippen molar-refractivity contribution in [3.8, 4) is 0 Å². The number of rotatable bonds is 2. The van der Waals surface area contributed by atoms with Crippen molar-refractivity contribution >= 4 is 0 Å². The zero-order valence-corrected chi connectivity index (χ0v) is 14.5. The quantitative estimate of drug-likeness (QED) is 0.559. The molecule has 1 spiro atoms. The Kier molecular flexibility index (Phi) is 3.26. The fourth-order valence-corrected chi connectivity index (χ4v) is 5.20. The Morgan fingerprint density at radius 3 is 2.44 bits per heavy atom. The average Bonchev–Trinajstić information content (AvgIpc) is 2.68. The van der Waals surface area contributed by atoms with Gasteiger partial charge in [0, 0.05) is 31.1 Å². The molecule has 0 heterocycles. The van der Waals surface area contributed by atoms with Gasteiger partial charge >= 0.3 is 0 Å². The number of hydrogen-bond donors (Lipinski definition) is 0. The Bertz CT molecular complexity index is 261. The van der Waals surface area contributed by atoms with Gasteiger partial charge in [-0.05, 0) is 37.0 Å². The van der Waals surface area contributed by atoms with E-state index in [-0.39, 0.29) is 31.1 Å². The fourth-order valence-electron chi connectivity index (χ4n) is 5.20. The van der Waals surface area contributed by atoms with E-state index < -0.39 is 0 Å². The van der Waals surface area contributed by atoms with Crippen molar-refractivity contribution in [2.75, 3.05) is 0 Å². The van der Waals surface area contributed by atoms with Gasteiger partial charge in [-0.25, -0.2) is 6.42 Å². The van der Waals surface area contributed by atoms with E-state index in [1.54, 1.807) is 57.8 Å². The molecule has 4 saturated carbocycles. The molecule has 0 radical (unpaired) electrons. The first-order chi connectivity index (χ1) is 7.37. The van der Waals surface area contributed by atoms with Crippen LogP contribution in [0, 0.1) is 60.2 Å². The molecule has 0 nitrogen and oxygen atoms in total. The third-order valence-electron chi connectivity index (χ3n) is 6.20. The third-order valence-corrected chi connectivity index (χ3v) is 6.20. The molecule has 4 fully saturated rings. The first-order valence-corrected chi connectivity index (χ1v) is 7.23. The minimum atomic E-state index is 0. The van der Waals surface area contributed by atoms with Crippen molar-refractivity contribution in [3.05, 3.63) is 5.92 Å². The zero-order chi connectivity index (χ0) is 9.88. The topological polar surface area (TPSA) is 0 Å². The Balaban J connectivity index is 0.000000810. The van der Waals surface area contributed by atoms with E-state index in [0.29, 0.717) is 0 Å². The van der Waals surface area contributed by atoms with E-state index in [9.17, 15) is 0 Å². The summed E-state index contributed by atoms with van der Waals surface area (Å²) in [6, 6.07) is 0. The van der Waals surface area contributed by atoms with Crippen molar-refractivity contribution in [1.29, 1.82) is 0 Å². The summed E-state index contributed by atoms with van der Waals surface area (Å²) in [6.07, 6.45) is 15.7. The molecular formula is C15H23U-. The van der Waals surface area contributed by atoms with Crippen LogP contribution in [0.4, 0.5) is 0 Å². The fraction of sp³-hybridized carbons (Fsp3) is 0.933. The molecule has 3 unspecified atom stereocenters. The van der Waals surface area contributed by atoms with E-state index in [0.717, 1.165) is 23.2 Å². The van der Waals surface area contributed by atoms with Crippen LogP contribution in [0.2, 0.25) is 0 Å². The molecule has 4 aliphatic carbocycles. The molecular weight excluding hydrogens is 418 g/mol. The Labute approximate surface area is 124 Å². The number of fused-ring (bicyclic) bond motifs is 1. The van der Waals surface area contributed by atoms with Gasteiger partial charge in [0.05, 0.1) is 0 Å². The van der Waals surface area contributed by atoms with Crippen molar-refractivity contribution in [2.24, 2.45) is 23.2 Å². The summed E-state index contributed by atoms with van der Waals surface area (Å²) in [5, 5.41) is 0. The molecule has 16 heavy (non-hydrogen) atoms. The van der Waals surface area contributed by atoms with Crippen LogP contribution in [0.3, 0.4) is 0 Å². The second-order valence-electron chi connectivity index (χ2n) is 6.80. The first kappa shape index (κ1) is 12.1. The van der Waals surface area contributed by atoms with Gasteiger partial charge in [0.2, 0.25) is 0 Å². The summed E-state index contributed by atoms with van der Waals surface area (Å²) >= 11 is 0. The molecule has 0 amide bonds. The summed E-state index contributed by atoms with van der Waals surface area (Å²) in [6.45, 7) is 0. The van der Waals surface area contributed by atoms with Gasteiger partial charge in [0.15, 0.2) is 0 Å². The Morgan fingerprint density at radius 1 is 1.06 bits per heavy atom. The van der Waals surface area contributed by atoms with Gasteiger partial charge in [-0.1, -0.05) is 25.7 Å². The summed E-state index contributed by atoms with van der Waals surface area (Å²) in [5.41, 5.74) is 0.862. The van der Waals surface area contributed by atoms with Crippen LogP contribution < -0.4 is 0 Å². The van der Waals surface area contributed by atoms with E-state index >= 15 is 0 Å². The minimum absolute atomic E-state index is 0. The molecule has 0 aliphatic heterocycles. The van der Waals surface area contributed by atoms with Crippen LogP contribution in [0.15, 0.2) is 0 Å². The van der Waals surface area contributed by atoms with Gasteiger partial charge < -0.3 is 5.92 Å². The van der Waals surface area contributed by atoms with Gasteiger partial charge in [-0.3, -0.25) is 0 Å². The van der Waals surface area contributed by atoms with Gasteiger partial charge in [0.25, 0.3) is 0 Å². The molecule has 4 aliphatic rings. The van der Waals surface area contributed by atoms with Crippen LogP contribution >= 0.6 is 0 Å². The molecule has 0 aromatic carbocycles. The molecule has 0 aromatic heterocycles. The molecule has 1 heteroatoms. The predicted molar refractivity (Wildman–Crippen MR) is 62.3 cm³/mol. The normalized spacial score (nSPS) is 43.9. The standard InChI is InChI=1S/C15H23.U/c1-2-6-15(5-1)7-3-4-13(15)9-11-8-12-10-14(11)12;/h11-13H,1-10H2;/q-1;. The summed E-state index contributed by atoms with van der Waals surface area (Å²) in [7, 11) is 0. The van der Waals surface area contributed by atoms with E-state index in [1.807, 2.05) is 5.92 Å². The van der Waals surface area contributed by atoms with Crippen LogP contribution in [-0.4, -0.2) is 0 Å². The largest absolute Gasteiger partial charge is 0.312 e. The van der Waals surface area contributed by atoms with Crippen LogP contribution in [0.25, 0.3) is 0 Å². The third kappa shape index (κ3) is 1.76.